The summed E-state index contributed by atoms with van der Waals surface area (Å²) in [6.45, 7) is 4.71. The summed E-state index contributed by atoms with van der Waals surface area (Å²) < 4.78 is 11.0. The Morgan fingerprint density at radius 2 is 1.32 bits per heavy atom. The Balaban J connectivity index is 1.41. The van der Waals surface area contributed by atoms with Gasteiger partial charge in [-0.1, -0.05) is 30.3 Å². The lowest BCUT2D eigenvalue weighted by Gasteiger charge is -2.34. The average Bonchev–Trinajstić information content (AvgIpc) is 2.74. The van der Waals surface area contributed by atoms with E-state index in [0.717, 1.165) is 11.3 Å². The summed E-state index contributed by atoms with van der Waals surface area (Å²) in [6, 6.07) is 16.9. The minimum atomic E-state index is -0.0657. The molecule has 6 nitrogen and oxygen atoms in total. The van der Waals surface area contributed by atoms with Crippen LogP contribution in [0.2, 0.25) is 0 Å². The molecule has 0 radical (unpaired) electrons. The van der Waals surface area contributed by atoms with Crippen molar-refractivity contribution in [1.29, 1.82) is 0 Å². The number of ether oxygens (including phenoxy) is 2. The number of benzene rings is 2. The fourth-order valence-electron chi connectivity index (χ4n) is 3.12. The summed E-state index contributed by atoms with van der Waals surface area (Å²) >= 11 is 0. The number of piperazine rings is 1. The van der Waals surface area contributed by atoms with E-state index in [2.05, 4.69) is 0 Å². The van der Waals surface area contributed by atoms with Crippen molar-refractivity contribution >= 4 is 11.8 Å². The zero-order chi connectivity index (χ0) is 19.8. The van der Waals surface area contributed by atoms with Crippen LogP contribution in [0.1, 0.15) is 12.5 Å². The molecule has 6 heteroatoms. The van der Waals surface area contributed by atoms with Crippen molar-refractivity contribution in [3.05, 3.63) is 60.2 Å². The van der Waals surface area contributed by atoms with Gasteiger partial charge in [0.2, 0.25) is 5.91 Å². The fourth-order valence-corrected chi connectivity index (χ4v) is 3.12. The third kappa shape index (κ3) is 5.49. The van der Waals surface area contributed by atoms with Gasteiger partial charge in [0, 0.05) is 26.2 Å². The predicted octanol–water partition coefficient (Wildman–Crippen LogP) is 2.38. The largest absolute Gasteiger partial charge is 0.494 e. The van der Waals surface area contributed by atoms with Crippen LogP contribution in [0, 0.1) is 0 Å². The van der Waals surface area contributed by atoms with Crippen LogP contribution < -0.4 is 9.47 Å². The Hall–Kier alpha value is -3.02. The lowest BCUT2D eigenvalue weighted by molar-refractivity contribution is -0.140. The first-order chi connectivity index (χ1) is 13.7. The van der Waals surface area contributed by atoms with E-state index in [1.165, 1.54) is 0 Å². The quantitative estimate of drug-likeness (QED) is 0.738. The smallest absolute Gasteiger partial charge is 0.260 e. The molecule has 1 saturated heterocycles. The molecular formula is C22H26N2O4. The van der Waals surface area contributed by atoms with E-state index in [9.17, 15) is 9.59 Å². The number of carbonyl (C=O) groups is 2. The van der Waals surface area contributed by atoms with Crippen molar-refractivity contribution in [3.8, 4) is 11.5 Å². The van der Waals surface area contributed by atoms with E-state index in [1.54, 1.807) is 17.0 Å². The van der Waals surface area contributed by atoms with Gasteiger partial charge in [0.05, 0.1) is 13.0 Å². The zero-order valence-corrected chi connectivity index (χ0v) is 16.2. The zero-order valence-electron chi connectivity index (χ0n) is 16.2. The van der Waals surface area contributed by atoms with Crippen LogP contribution in [0.4, 0.5) is 0 Å². The van der Waals surface area contributed by atoms with Gasteiger partial charge in [-0.05, 0) is 36.8 Å². The molecule has 0 spiro atoms. The van der Waals surface area contributed by atoms with Gasteiger partial charge in [-0.25, -0.2) is 0 Å². The van der Waals surface area contributed by atoms with Crippen molar-refractivity contribution < 1.29 is 19.1 Å². The molecule has 148 valence electrons. The molecule has 0 aliphatic carbocycles. The van der Waals surface area contributed by atoms with Crippen LogP contribution in [0.3, 0.4) is 0 Å². The molecule has 3 rings (SSSR count). The average molecular weight is 382 g/mol. The Bertz CT molecular complexity index is 769. The van der Waals surface area contributed by atoms with E-state index >= 15 is 0 Å². The molecule has 1 fully saturated rings. The molecular weight excluding hydrogens is 356 g/mol. The van der Waals surface area contributed by atoms with Crippen LogP contribution in [0.25, 0.3) is 0 Å². The maximum Gasteiger partial charge on any atom is 0.260 e. The van der Waals surface area contributed by atoms with Crippen LogP contribution in [-0.2, 0) is 16.0 Å². The summed E-state index contributed by atoms with van der Waals surface area (Å²) in [5, 5.41) is 0. The van der Waals surface area contributed by atoms with Gasteiger partial charge in [0.25, 0.3) is 5.91 Å². The number of hydrogen-bond acceptors (Lipinski definition) is 4. The van der Waals surface area contributed by atoms with E-state index in [1.807, 2.05) is 54.3 Å². The van der Waals surface area contributed by atoms with Crippen LogP contribution >= 0.6 is 0 Å². The van der Waals surface area contributed by atoms with Crippen molar-refractivity contribution in [2.75, 3.05) is 39.4 Å². The topological polar surface area (TPSA) is 59.1 Å². The molecule has 2 amide bonds. The second kappa shape index (κ2) is 9.78. The Kier molecular flexibility index (Phi) is 6.89. The molecule has 1 aliphatic rings. The van der Waals surface area contributed by atoms with Gasteiger partial charge in [-0.3, -0.25) is 9.59 Å². The third-order valence-corrected chi connectivity index (χ3v) is 4.68. The van der Waals surface area contributed by atoms with Gasteiger partial charge in [0.15, 0.2) is 6.61 Å². The summed E-state index contributed by atoms with van der Waals surface area (Å²) in [6.07, 6.45) is 0.398. The first-order valence-corrected chi connectivity index (χ1v) is 9.61. The summed E-state index contributed by atoms with van der Waals surface area (Å²) in [4.78, 5) is 28.4. The highest BCUT2D eigenvalue weighted by molar-refractivity contribution is 5.80. The fraction of sp³-hybridized carbons (Fsp3) is 0.364. The molecule has 1 heterocycles. The SMILES string of the molecule is CCOc1ccc(OCC(=O)N2CCN(C(=O)Cc3ccccc3)CC2)cc1. The summed E-state index contributed by atoms with van der Waals surface area (Å²) in [5.41, 5.74) is 1.01. The summed E-state index contributed by atoms with van der Waals surface area (Å²) in [7, 11) is 0. The molecule has 0 saturated carbocycles. The standard InChI is InChI=1S/C22H26N2O4/c1-2-27-19-8-10-20(11-9-19)28-17-22(26)24-14-12-23(13-15-24)21(25)16-18-6-4-3-5-7-18/h3-11H,2,12-17H2,1H3. The molecule has 1 aliphatic heterocycles. The van der Waals surface area contributed by atoms with E-state index in [4.69, 9.17) is 9.47 Å². The number of hydrogen-bond donors (Lipinski definition) is 0. The molecule has 2 aromatic carbocycles. The van der Waals surface area contributed by atoms with Crippen molar-refractivity contribution in [1.82, 2.24) is 9.80 Å². The molecule has 0 bridgehead atoms. The maximum absolute atomic E-state index is 12.4. The predicted molar refractivity (Wildman–Crippen MR) is 106 cm³/mol. The maximum atomic E-state index is 12.4. The van der Waals surface area contributed by atoms with Gasteiger partial charge < -0.3 is 19.3 Å². The van der Waals surface area contributed by atoms with Crippen molar-refractivity contribution in [2.24, 2.45) is 0 Å². The van der Waals surface area contributed by atoms with Gasteiger partial charge in [-0.2, -0.15) is 0 Å². The first-order valence-electron chi connectivity index (χ1n) is 9.61. The Morgan fingerprint density at radius 1 is 0.786 bits per heavy atom. The molecule has 0 N–H and O–H groups in total. The number of nitrogens with zero attached hydrogens (tertiary/aromatic N) is 2. The van der Waals surface area contributed by atoms with E-state index in [-0.39, 0.29) is 18.4 Å². The third-order valence-electron chi connectivity index (χ3n) is 4.68. The highest BCUT2D eigenvalue weighted by atomic mass is 16.5. The van der Waals surface area contributed by atoms with E-state index in [0.29, 0.717) is 45.0 Å². The molecule has 2 aromatic rings. The van der Waals surface area contributed by atoms with Gasteiger partial charge >= 0.3 is 0 Å². The number of amides is 2. The minimum absolute atomic E-state index is 0.00799. The molecule has 0 unspecified atom stereocenters. The molecule has 0 aromatic heterocycles. The Morgan fingerprint density at radius 3 is 1.89 bits per heavy atom. The van der Waals surface area contributed by atoms with Crippen LogP contribution in [0.15, 0.2) is 54.6 Å². The number of rotatable bonds is 7. The lowest BCUT2D eigenvalue weighted by Crippen LogP contribution is -2.52. The van der Waals surface area contributed by atoms with E-state index < -0.39 is 0 Å². The van der Waals surface area contributed by atoms with Crippen molar-refractivity contribution in [2.45, 2.75) is 13.3 Å². The molecule has 0 atom stereocenters. The van der Waals surface area contributed by atoms with Crippen LogP contribution in [0.5, 0.6) is 11.5 Å². The van der Waals surface area contributed by atoms with Gasteiger partial charge in [0.1, 0.15) is 11.5 Å². The highest BCUT2D eigenvalue weighted by Crippen LogP contribution is 2.17. The second-order valence-electron chi connectivity index (χ2n) is 6.62. The summed E-state index contributed by atoms with van der Waals surface area (Å²) in [5.74, 6) is 1.44. The minimum Gasteiger partial charge on any atom is -0.494 e. The first kappa shape index (κ1) is 19.7. The highest BCUT2D eigenvalue weighted by Gasteiger charge is 2.24. The monoisotopic (exact) mass is 382 g/mol. The Labute approximate surface area is 165 Å². The molecule has 28 heavy (non-hydrogen) atoms. The normalized spacial score (nSPS) is 13.9. The lowest BCUT2D eigenvalue weighted by atomic mass is 10.1. The van der Waals surface area contributed by atoms with Crippen molar-refractivity contribution in [3.63, 3.8) is 0 Å². The van der Waals surface area contributed by atoms with Crippen LogP contribution in [-0.4, -0.2) is 61.0 Å². The second-order valence-corrected chi connectivity index (χ2v) is 6.62. The van der Waals surface area contributed by atoms with Gasteiger partial charge in [-0.15, -0.1) is 0 Å². The number of carbonyl (C=O) groups excluding carboxylic acids is 2.